The molecule has 8 rings (SSSR count). The third kappa shape index (κ3) is 4.11. The fourth-order valence-corrected chi connectivity index (χ4v) is 8.10. The molecule has 4 fully saturated rings. The fraction of sp³-hybridized carbons (Fsp3) is 0.531. The van der Waals surface area contributed by atoms with Crippen LogP contribution in [0, 0.1) is 12.3 Å². The van der Waals surface area contributed by atoms with Crippen LogP contribution in [0.1, 0.15) is 62.1 Å². The SMILES string of the molecule is C#Cc1cccc2c1C(n1cnc3c(N4CC5CCC(C4)N5)nc(OCC45CCCN4CCC5)cc3c1=O)CCO2. The second kappa shape index (κ2) is 9.74. The molecule has 1 N–H and O–H groups in total. The molecule has 0 spiro atoms. The normalized spacial score (nSPS) is 26.4. The summed E-state index contributed by atoms with van der Waals surface area (Å²) < 4.78 is 14.2. The molecule has 7 heterocycles. The molecule has 9 nitrogen and oxygen atoms in total. The summed E-state index contributed by atoms with van der Waals surface area (Å²) in [4.78, 5) is 29.2. The Labute approximate surface area is 239 Å². The lowest BCUT2D eigenvalue weighted by atomic mass is 9.95. The summed E-state index contributed by atoms with van der Waals surface area (Å²) in [6, 6.07) is 8.15. The van der Waals surface area contributed by atoms with Crippen molar-refractivity contribution >= 4 is 16.7 Å². The molecular formula is C32H36N6O3. The average molecular weight is 553 g/mol. The second-order valence-electron chi connectivity index (χ2n) is 12.4. The van der Waals surface area contributed by atoms with Crippen LogP contribution in [0.3, 0.4) is 0 Å². The lowest BCUT2D eigenvalue weighted by molar-refractivity contribution is 0.111. The minimum absolute atomic E-state index is 0.0948. The van der Waals surface area contributed by atoms with E-state index in [9.17, 15) is 4.79 Å². The van der Waals surface area contributed by atoms with Crippen molar-refractivity contribution in [1.29, 1.82) is 0 Å². The summed E-state index contributed by atoms with van der Waals surface area (Å²) in [5.74, 6) is 4.79. The van der Waals surface area contributed by atoms with Crippen molar-refractivity contribution in [3.8, 4) is 24.0 Å². The van der Waals surface area contributed by atoms with E-state index >= 15 is 0 Å². The molecule has 1 aromatic carbocycles. The Hall–Kier alpha value is -3.61. The minimum atomic E-state index is -0.254. The van der Waals surface area contributed by atoms with E-state index in [4.69, 9.17) is 25.9 Å². The third-order valence-electron chi connectivity index (χ3n) is 10.1. The number of aromatic nitrogens is 3. The highest BCUT2D eigenvalue weighted by Crippen LogP contribution is 2.40. The van der Waals surface area contributed by atoms with E-state index in [1.54, 1.807) is 10.9 Å². The van der Waals surface area contributed by atoms with Crippen molar-refractivity contribution in [3.05, 3.63) is 52.1 Å². The van der Waals surface area contributed by atoms with Gasteiger partial charge in [0.25, 0.3) is 5.56 Å². The number of hydrogen-bond donors (Lipinski definition) is 1. The monoisotopic (exact) mass is 552 g/mol. The van der Waals surface area contributed by atoms with Crippen LogP contribution < -0.4 is 25.2 Å². The molecular weight excluding hydrogens is 516 g/mol. The van der Waals surface area contributed by atoms with Crippen LogP contribution in [0.2, 0.25) is 0 Å². The maximum Gasteiger partial charge on any atom is 0.262 e. The van der Waals surface area contributed by atoms with Gasteiger partial charge in [0.1, 0.15) is 17.9 Å². The molecule has 0 radical (unpaired) electrons. The Morgan fingerprint density at radius 3 is 2.73 bits per heavy atom. The van der Waals surface area contributed by atoms with Gasteiger partial charge in [-0.25, -0.2) is 4.98 Å². The largest absolute Gasteiger partial charge is 0.493 e. The molecule has 212 valence electrons. The first-order valence-corrected chi connectivity index (χ1v) is 15.1. The van der Waals surface area contributed by atoms with Gasteiger partial charge in [0, 0.05) is 48.8 Å². The molecule has 41 heavy (non-hydrogen) atoms. The first-order valence-electron chi connectivity index (χ1n) is 15.1. The van der Waals surface area contributed by atoms with Gasteiger partial charge in [0.05, 0.1) is 29.9 Å². The van der Waals surface area contributed by atoms with E-state index in [1.165, 1.54) is 12.8 Å². The molecule has 3 atom stereocenters. The Morgan fingerprint density at radius 1 is 1.15 bits per heavy atom. The summed E-state index contributed by atoms with van der Waals surface area (Å²) >= 11 is 0. The van der Waals surface area contributed by atoms with Crippen molar-refractivity contribution in [2.45, 2.75) is 68.6 Å². The molecule has 4 saturated heterocycles. The van der Waals surface area contributed by atoms with Gasteiger partial charge >= 0.3 is 0 Å². The Kier molecular flexibility index (Phi) is 5.97. The number of pyridine rings is 1. The number of nitrogens with zero attached hydrogens (tertiary/aromatic N) is 5. The number of anilines is 1. The van der Waals surface area contributed by atoms with Gasteiger partial charge in [-0.05, 0) is 63.7 Å². The molecule has 3 aromatic rings. The first-order chi connectivity index (χ1) is 20.1. The maximum atomic E-state index is 14.3. The van der Waals surface area contributed by atoms with E-state index < -0.39 is 0 Å². The summed E-state index contributed by atoms with van der Waals surface area (Å²) in [7, 11) is 0. The zero-order valence-corrected chi connectivity index (χ0v) is 23.3. The summed E-state index contributed by atoms with van der Waals surface area (Å²) in [6.45, 7) is 5.10. The van der Waals surface area contributed by atoms with Crippen molar-refractivity contribution in [2.24, 2.45) is 0 Å². The predicted octanol–water partition coefficient (Wildman–Crippen LogP) is 3.09. The maximum absolute atomic E-state index is 14.3. The number of ether oxygens (including phenoxy) is 2. The average Bonchev–Trinajstić information content (AvgIpc) is 3.69. The topological polar surface area (TPSA) is 84.8 Å². The van der Waals surface area contributed by atoms with Gasteiger partial charge in [-0.1, -0.05) is 12.0 Å². The van der Waals surface area contributed by atoms with Crippen molar-refractivity contribution in [2.75, 3.05) is 44.3 Å². The van der Waals surface area contributed by atoms with Crippen molar-refractivity contribution < 1.29 is 9.47 Å². The van der Waals surface area contributed by atoms with E-state index in [1.807, 2.05) is 24.3 Å². The minimum Gasteiger partial charge on any atom is -0.493 e. The Morgan fingerprint density at radius 2 is 1.95 bits per heavy atom. The standard InChI is InChI=1S/C32H36N6O3/c1-2-21-6-3-7-26-28(21)25(10-15-40-26)38-20-33-29-24(31(38)39)16-27(41-19-32-11-4-13-37(32)14-5-12-32)35-30(29)36-17-22-8-9-23(18-36)34-22/h1,3,6-7,16,20,22-23,25,34H,4-5,8-15,17-19H2. The van der Waals surface area contributed by atoms with Gasteiger partial charge < -0.3 is 19.7 Å². The van der Waals surface area contributed by atoms with Gasteiger partial charge in [0.15, 0.2) is 5.82 Å². The van der Waals surface area contributed by atoms with Gasteiger partial charge in [-0.15, -0.1) is 6.42 Å². The molecule has 5 aliphatic rings. The lowest BCUT2D eigenvalue weighted by Gasteiger charge is -2.35. The molecule has 5 aliphatic heterocycles. The fourth-order valence-electron chi connectivity index (χ4n) is 8.10. The molecule has 9 heteroatoms. The van der Waals surface area contributed by atoms with Crippen LogP contribution in [0.4, 0.5) is 5.82 Å². The van der Waals surface area contributed by atoms with Crippen molar-refractivity contribution in [1.82, 2.24) is 24.8 Å². The van der Waals surface area contributed by atoms with E-state index in [2.05, 4.69) is 21.0 Å². The number of benzene rings is 1. The molecule has 0 aliphatic carbocycles. The first kappa shape index (κ1) is 25.1. The van der Waals surface area contributed by atoms with Crippen LogP contribution in [0.5, 0.6) is 11.6 Å². The molecule has 0 amide bonds. The van der Waals surface area contributed by atoms with E-state index in [-0.39, 0.29) is 17.1 Å². The highest BCUT2D eigenvalue weighted by molar-refractivity contribution is 5.89. The Bertz CT molecular complexity index is 1590. The Balaban J connectivity index is 1.23. The molecule has 0 saturated carbocycles. The van der Waals surface area contributed by atoms with E-state index in [0.29, 0.717) is 48.5 Å². The lowest BCUT2D eigenvalue weighted by Crippen LogP contribution is -2.51. The summed E-state index contributed by atoms with van der Waals surface area (Å²) in [5, 5.41) is 4.24. The van der Waals surface area contributed by atoms with Gasteiger partial charge in [-0.3, -0.25) is 14.3 Å². The highest BCUT2D eigenvalue weighted by atomic mass is 16.5. The van der Waals surface area contributed by atoms with E-state index in [0.717, 1.165) is 74.6 Å². The molecule has 2 aromatic heterocycles. The zero-order valence-electron chi connectivity index (χ0n) is 23.3. The van der Waals surface area contributed by atoms with Crippen LogP contribution >= 0.6 is 0 Å². The van der Waals surface area contributed by atoms with Crippen LogP contribution in [-0.2, 0) is 0 Å². The third-order valence-corrected chi connectivity index (χ3v) is 10.1. The number of hydrogen-bond acceptors (Lipinski definition) is 8. The van der Waals surface area contributed by atoms with Gasteiger partial charge in [-0.2, -0.15) is 4.98 Å². The number of piperazine rings is 1. The molecule has 3 unspecified atom stereocenters. The number of rotatable bonds is 5. The van der Waals surface area contributed by atoms with Crippen molar-refractivity contribution in [3.63, 3.8) is 0 Å². The summed E-state index contributed by atoms with van der Waals surface area (Å²) in [6.07, 6.45) is 15.2. The second-order valence-corrected chi connectivity index (χ2v) is 12.4. The smallest absolute Gasteiger partial charge is 0.262 e. The highest BCUT2D eigenvalue weighted by Gasteiger charge is 2.45. The van der Waals surface area contributed by atoms with Gasteiger partial charge in [0.2, 0.25) is 5.88 Å². The number of fused-ring (bicyclic) bond motifs is 5. The zero-order chi connectivity index (χ0) is 27.6. The van der Waals surface area contributed by atoms with Crippen LogP contribution in [-0.4, -0.2) is 76.5 Å². The van der Waals surface area contributed by atoms with Crippen LogP contribution in [0.25, 0.3) is 10.9 Å². The number of nitrogens with one attached hydrogen (secondary N) is 1. The predicted molar refractivity (Wildman–Crippen MR) is 157 cm³/mol. The number of terminal acetylenes is 1. The quantitative estimate of drug-likeness (QED) is 0.484. The summed E-state index contributed by atoms with van der Waals surface area (Å²) in [5.41, 5.74) is 2.24. The molecule has 2 bridgehead atoms. The van der Waals surface area contributed by atoms with Crippen LogP contribution in [0.15, 0.2) is 35.4 Å².